The van der Waals surface area contributed by atoms with Crippen LogP contribution >= 0.6 is 39.0 Å². The summed E-state index contributed by atoms with van der Waals surface area (Å²) < 4.78 is 1.21. The van der Waals surface area contributed by atoms with Gasteiger partial charge in [-0.05, 0) is 53.4 Å². The highest BCUT2D eigenvalue weighted by Crippen LogP contribution is 2.36. The number of rotatable bonds is 5. The van der Waals surface area contributed by atoms with E-state index in [-0.39, 0.29) is 6.04 Å². The Hall–Kier alpha value is -0.290. The van der Waals surface area contributed by atoms with Gasteiger partial charge >= 0.3 is 0 Å². The van der Waals surface area contributed by atoms with Crippen molar-refractivity contribution in [2.45, 2.75) is 24.8 Å². The second kappa shape index (κ2) is 6.93. The molecule has 1 unspecified atom stereocenters. The highest BCUT2D eigenvalue weighted by molar-refractivity contribution is 9.10. The number of thioether (sulfide) groups is 1. The Morgan fingerprint density at radius 1 is 1.37 bits per heavy atom. The predicted octanol–water partition coefficient (Wildman–Crippen LogP) is 5.24. The van der Waals surface area contributed by atoms with Crippen LogP contribution in [-0.4, -0.2) is 12.8 Å². The normalized spacial score (nSPS) is 12.6. The van der Waals surface area contributed by atoms with Gasteiger partial charge in [-0.15, -0.1) is 23.1 Å². The first-order valence-electron chi connectivity index (χ1n) is 6.29. The van der Waals surface area contributed by atoms with Gasteiger partial charge in [0.25, 0.3) is 0 Å². The fourth-order valence-electron chi connectivity index (χ4n) is 2.10. The summed E-state index contributed by atoms with van der Waals surface area (Å²) in [6, 6.07) is 11.2. The molecule has 1 nitrogen and oxygen atoms in total. The van der Waals surface area contributed by atoms with Crippen LogP contribution in [0.2, 0.25) is 0 Å². The van der Waals surface area contributed by atoms with E-state index >= 15 is 0 Å². The molecular formula is C15H18BrNS2. The summed E-state index contributed by atoms with van der Waals surface area (Å²) in [5, 5.41) is 3.61. The molecular weight excluding hydrogens is 338 g/mol. The molecule has 0 saturated carbocycles. The SMILES string of the molecule is CCNC(c1cc(Br)c(C)s1)c1ccccc1SC. The fourth-order valence-corrected chi connectivity index (χ4v) is 4.39. The van der Waals surface area contributed by atoms with Crippen molar-refractivity contribution >= 4 is 39.0 Å². The van der Waals surface area contributed by atoms with Crippen LogP contribution in [0.15, 0.2) is 39.7 Å². The zero-order valence-electron chi connectivity index (χ0n) is 11.4. The standard InChI is InChI=1S/C15H18BrNS2/c1-4-17-15(14-9-12(16)10(2)19-14)11-7-5-6-8-13(11)18-3/h5-9,15,17H,4H2,1-3H3. The summed E-state index contributed by atoms with van der Waals surface area (Å²) in [5.41, 5.74) is 1.37. The summed E-state index contributed by atoms with van der Waals surface area (Å²) in [7, 11) is 0. The average molecular weight is 356 g/mol. The predicted molar refractivity (Wildman–Crippen MR) is 90.5 cm³/mol. The van der Waals surface area contributed by atoms with Crippen LogP contribution in [0.1, 0.15) is 28.3 Å². The minimum Gasteiger partial charge on any atom is -0.306 e. The van der Waals surface area contributed by atoms with Crippen molar-refractivity contribution in [3.05, 3.63) is 50.1 Å². The van der Waals surface area contributed by atoms with Gasteiger partial charge in [0, 0.05) is 19.1 Å². The van der Waals surface area contributed by atoms with E-state index < -0.39 is 0 Å². The third-order valence-corrected chi connectivity index (χ3v) is 6.03. The van der Waals surface area contributed by atoms with Crippen molar-refractivity contribution < 1.29 is 0 Å². The van der Waals surface area contributed by atoms with E-state index in [9.17, 15) is 0 Å². The molecule has 102 valence electrons. The smallest absolute Gasteiger partial charge is 0.0682 e. The van der Waals surface area contributed by atoms with E-state index in [0.717, 1.165) is 6.54 Å². The molecule has 1 aromatic carbocycles. The van der Waals surface area contributed by atoms with E-state index in [1.54, 1.807) is 0 Å². The number of halogens is 1. The lowest BCUT2D eigenvalue weighted by atomic mass is 10.1. The van der Waals surface area contributed by atoms with Crippen LogP contribution in [0.4, 0.5) is 0 Å². The summed E-state index contributed by atoms with van der Waals surface area (Å²) in [4.78, 5) is 4.04. The Morgan fingerprint density at radius 3 is 2.68 bits per heavy atom. The van der Waals surface area contributed by atoms with E-state index in [1.807, 2.05) is 23.1 Å². The average Bonchev–Trinajstić information content (AvgIpc) is 2.76. The molecule has 0 spiro atoms. The maximum Gasteiger partial charge on any atom is 0.0682 e. The van der Waals surface area contributed by atoms with Crippen molar-refractivity contribution in [3.63, 3.8) is 0 Å². The van der Waals surface area contributed by atoms with E-state index in [4.69, 9.17) is 0 Å². The summed E-state index contributed by atoms with van der Waals surface area (Å²) in [5.74, 6) is 0. The lowest BCUT2D eigenvalue weighted by molar-refractivity contribution is 0.631. The van der Waals surface area contributed by atoms with Gasteiger partial charge in [-0.3, -0.25) is 0 Å². The topological polar surface area (TPSA) is 12.0 Å². The fraction of sp³-hybridized carbons (Fsp3) is 0.333. The Labute approximate surface area is 131 Å². The minimum absolute atomic E-state index is 0.281. The molecule has 0 amide bonds. The van der Waals surface area contributed by atoms with Crippen LogP contribution < -0.4 is 5.32 Å². The molecule has 0 aliphatic carbocycles. The second-order valence-corrected chi connectivity index (χ2v) is 7.28. The van der Waals surface area contributed by atoms with Crippen LogP contribution in [-0.2, 0) is 0 Å². The molecule has 1 N–H and O–H groups in total. The van der Waals surface area contributed by atoms with Gasteiger partial charge < -0.3 is 5.32 Å². The van der Waals surface area contributed by atoms with Crippen molar-refractivity contribution in [1.29, 1.82) is 0 Å². The molecule has 0 radical (unpaired) electrons. The zero-order valence-corrected chi connectivity index (χ0v) is 14.6. The van der Waals surface area contributed by atoms with Gasteiger partial charge in [-0.2, -0.15) is 0 Å². The molecule has 0 aliphatic rings. The summed E-state index contributed by atoms with van der Waals surface area (Å²) in [6.07, 6.45) is 2.14. The second-order valence-electron chi connectivity index (χ2n) is 4.29. The molecule has 19 heavy (non-hydrogen) atoms. The van der Waals surface area contributed by atoms with Gasteiger partial charge in [-0.25, -0.2) is 0 Å². The zero-order chi connectivity index (χ0) is 13.8. The Balaban J connectivity index is 2.44. The lowest BCUT2D eigenvalue weighted by Gasteiger charge is -2.19. The summed E-state index contributed by atoms with van der Waals surface area (Å²) in [6.45, 7) is 5.27. The quantitative estimate of drug-likeness (QED) is 0.736. The van der Waals surface area contributed by atoms with Crippen LogP contribution in [0.3, 0.4) is 0 Å². The van der Waals surface area contributed by atoms with Gasteiger partial charge in [0.15, 0.2) is 0 Å². The first kappa shape index (κ1) is 15.1. The molecule has 0 saturated heterocycles. The third-order valence-electron chi connectivity index (χ3n) is 3.02. The van der Waals surface area contributed by atoms with Gasteiger partial charge in [0.1, 0.15) is 0 Å². The Morgan fingerprint density at radius 2 is 2.11 bits per heavy atom. The molecule has 2 aromatic rings. The number of benzene rings is 1. The molecule has 1 atom stereocenters. The molecule has 4 heteroatoms. The van der Waals surface area contributed by atoms with Crippen LogP contribution in [0.25, 0.3) is 0 Å². The van der Waals surface area contributed by atoms with Crippen molar-refractivity contribution in [2.24, 2.45) is 0 Å². The van der Waals surface area contributed by atoms with E-state index in [0.29, 0.717) is 0 Å². The molecule has 0 fully saturated rings. The van der Waals surface area contributed by atoms with Crippen LogP contribution in [0, 0.1) is 6.92 Å². The molecule has 1 aromatic heterocycles. The minimum atomic E-state index is 0.281. The highest BCUT2D eigenvalue weighted by Gasteiger charge is 2.18. The van der Waals surface area contributed by atoms with E-state index in [2.05, 4.69) is 71.7 Å². The first-order chi connectivity index (χ1) is 9.17. The Kier molecular flexibility index (Phi) is 5.51. The molecule has 1 heterocycles. The molecule has 2 rings (SSSR count). The maximum atomic E-state index is 3.62. The molecule has 0 aliphatic heterocycles. The maximum absolute atomic E-state index is 3.62. The van der Waals surface area contributed by atoms with Gasteiger partial charge in [-0.1, -0.05) is 25.1 Å². The number of aryl methyl sites for hydroxylation is 1. The van der Waals surface area contributed by atoms with Crippen LogP contribution in [0.5, 0.6) is 0 Å². The summed E-state index contributed by atoms with van der Waals surface area (Å²) >= 11 is 7.29. The van der Waals surface area contributed by atoms with Gasteiger partial charge in [0.2, 0.25) is 0 Å². The first-order valence-corrected chi connectivity index (χ1v) is 9.13. The van der Waals surface area contributed by atoms with E-state index in [1.165, 1.54) is 24.7 Å². The van der Waals surface area contributed by atoms with Crippen molar-refractivity contribution in [2.75, 3.05) is 12.8 Å². The monoisotopic (exact) mass is 355 g/mol. The number of thiophene rings is 1. The third kappa shape index (κ3) is 3.43. The Bertz CT molecular complexity index is 531. The van der Waals surface area contributed by atoms with Crippen molar-refractivity contribution in [1.82, 2.24) is 5.32 Å². The largest absolute Gasteiger partial charge is 0.306 e. The number of hydrogen-bond donors (Lipinski definition) is 1. The molecule has 0 bridgehead atoms. The highest BCUT2D eigenvalue weighted by atomic mass is 79.9. The van der Waals surface area contributed by atoms with Crippen molar-refractivity contribution in [3.8, 4) is 0 Å². The lowest BCUT2D eigenvalue weighted by Crippen LogP contribution is -2.21. The number of nitrogens with one attached hydrogen (secondary N) is 1. The van der Waals surface area contributed by atoms with Gasteiger partial charge in [0.05, 0.1) is 6.04 Å². The number of hydrogen-bond acceptors (Lipinski definition) is 3.